The molecule has 0 saturated heterocycles. The Bertz CT molecular complexity index is 1050. The zero-order chi connectivity index (χ0) is 20.7. The molecule has 28 heavy (non-hydrogen) atoms. The molecule has 1 aliphatic rings. The molecule has 3 N–H and O–H groups in total. The second-order valence-electron chi connectivity index (χ2n) is 7.39. The molecule has 150 valence electrons. The number of aliphatic imine (C=N–C) groups is 1. The standard InChI is InChI=1S/C19H23FN4O3S/c1-18(2)17(21)24-19(3,11-28(18,25)26)16-12(20)9-10-15(23-16)22-13-7-5-6-8-14(13)27-4/h5-10H,11H2,1-4H3,(H2,21,24)(H,22,23)/t19-/m1/s1. The average molecular weight is 406 g/mol. The number of sulfone groups is 1. The fourth-order valence-electron chi connectivity index (χ4n) is 3.04. The van der Waals surface area contributed by atoms with Gasteiger partial charge >= 0.3 is 0 Å². The lowest BCUT2D eigenvalue weighted by molar-refractivity contribution is 0.417. The number of anilines is 2. The summed E-state index contributed by atoms with van der Waals surface area (Å²) in [6.07, 6.45) is 0. The van der Waals surface area contributed by atoms with E-state index >= 15 is 0 Å². The third-order valence-corrected chi connectivity index (χ3v) is 7.66. The van der Waals surface area contributed by atoms with Crippen LogP contribution in [0.4, 0.5) is 15.9 Å². The van der Waals surface area contributed by atoms with E-state index in [4.69, 9.17) is 10.5 Å². The summed E-state index contributed by atoms with van der Waals surface area (Å²) in [5, 5.41) is 3.06. The molecule has 0 fully saturated rings. The Balaban J connectivity index is 2.06. The zero-order valence-electron chi connectivity index (χ0n) is 16.2. The predicted octanol–water partition coefficient (Wildman–Crippen LogP) is 2.75. The Hall–Kier alpha value is -2.68. The van der Waals surface area contributed by atoms with Gasteiger partial charge in [-0.25, -0.2) is 17.8 Å². The summed E-state index contributed by atoms with van der Waals surface area (Å²) < 4.78 is 44.1. The van der Waals surface area contributed by atoms with Gasteiger partial charge in [-0.3, -0.25) is 4.99 Å². The summed E-state index contributed by atoms with van der Waals surface area (Å²) in [6.45, 7) is 4.50. The van der Waals surface area contributed by atoms with Crippen LogP contribution in [-0.2, 0) is 15.4 Å². The van der Waals surface area contributed by atoms with Gasteiger partial charge in [0.1, 0.15) is 39.2 Å². The van der Waals surface area contributed by atoms with Gasteiger partial charge in [0, 0.05) is 0 Å². The first kappa shape index (κ1) is 20.1. The highest BCUT2D eigenvalue weighted by Gasteiger charge is 2.50. The number of halogens is 1. The molecular weight excluding hydrogens is 383 g/mol. The van der Waals surface area contributed by atoms with Gasteiger partial charge in [0.2, 0.25) is 0 Å². The van der Waals surface area contributed by atoms with E-state index in [1.54, 1.807) is 12.1 Å². The van der Waals surface area contributed by atoms with E-state index in [2.05, 4.69) is 15.3 Å². The number of ether oxygens (including phenoxy) is 1. The van der Waals surface area contributed by atoms with E-state index in [1.165, 1.54) is 40.0 Å². The molecule has 1 aromatic heterocycles. The number of nitrogens with zero attached hydrogens (tertiary/aromatic N) is 2. The van der Waals surface area contributed by atoms with Crippen LogP contribution in [0.1, 0.15) is 26.5 Å². The number of nitrogens with two attached hydrogens (primary N) is 1. The minimum absolute atomic E-state index is 0.0643. The second kappa shape index (κ2) is 6.73. The number of methoxy groups -OCH3 is 1. The number of amidine groups is 1. The molecule has 0 spiro atoms. The molecule has 9 heteroatoms. The highest BCUT2D eigenvalue weighted by atomic mass is 32.2. The quantitative estimate of drug-likeness (QED) is 0.809. The first-order valence-corrected chi connectivity index (χ1v) is 10.3. The molecule has 3 rings (SSSR count). The smallest absolute Gasteiger partial charge is 0.165 e. The Morgan fingerprint density at radius 1 is 1.18 bits per heavy atom. The van der Waals surface area contributed by atoms with Gasteiger partial charge in [-0.15, -0.1) is 0 Å². The van der Waals surface area contributed by atoms with Gasteiger partial charge in [-0.2, -0.15) is 0 Å². The minimum atomic E-state index is -3.67. The van der Waals surface area contributed by atoms with Crippen LogP contribution >= 0.6 is 0 Å². The molecule has 2 aromatic rings. The van der Waals surface area contributed by atoms with Crippen molar-refractivity contribution in [2.24, 2.45) is 10.7 Å². The molecule has 0 saturated carbocycles. The Kier molecular flexibility index (Phi) is 4.82. The van der Waals surface area contributed by atoms with Crippen molar-refractivity contribution in [3.8, 4) is 5.75 Å². The summed E-state index contributed by atoms with van der Waals surface area (Å²) in [4.78, 5) is 8.65. The molecule has 0 unspecified atom stereocenters. The van der Waals surface area contributed by atoms with Gasteiger partial charge in [-0.1, -0.05) is 12.1 Å². The lowest BCUT2D eigenvalue weighted by Crippen LogP contribution is -2.55. The molecule has 0 aliphatic carbocycles. The fourth-order valence-corrected chi connectivity index (χ4v) is 4.71. The molecule has 0 amide bonds. The average Bonchev–Trinajstić information content (AvgIpc) is 2.62. The third kappa shape index (κ3) is 3.30. The van der Waals surface area contributed by atoms with Crippen LogP contribution in [0.5, 0.6) is 5.75 Å². The van der Waals surface area contributed by atoms with Crippen LogP contribution in [-0.4, -0.2) is 36.8 Å². The summed E-state index contributed by atoms with van der Waals surface area (Å²) >= 11 is 0. The van der Waals surface area contributed by atoms with Crippen LogP contribution in [0.25, 0.3) is 0 Å². The Morgan fingerprint density at radius 3 is 2.50 bits per heavy atom. The van der Waals surface area contributed by atoms with E-state index in [1.807, 2.05) is 12.1 Å². The van der Waals surface area contributed by atoms with Gasteiger partial charge in [0.25, 0.3) is 0 Å². The maximum Gasteiger partial charge on any atom is 0.165 e. The lowest BCUT2D eigenvalue weighted by atomic mass is 9.98. The summed E-state index contributed by atoms with van der Waals surface area (Å²) in [5.41, 5.74) is 5.06. The van der Waals surface area contributed by atoms with Crippen LogP contribution in [0, 0.1) is 5.82 Å². The summed E-state index contributed by atoms with van der Waals surface area (Å²) in [7, 11) is -2.13. The number of benzene rings is 1. The lowest BCUT2D eigenvalue weighted by Gasteiger charge is -2.37. The van der Waals surface area contributed by atoms with Crippen molar-refractivity contribution in [3.63, 3.8) is 0 Å². The number of rotatable bonds is 4. The van der Waals surface area contributed by atoms with Gasteiger partial charge < -0.3 is 15.8 Å². The minimum Gasteiger partial charge on any atom is -0.495 e. The van der Waals surface area contributed by atoms with Crippen molar-refractivity contribution < 1.29 is 17.5 Å². The molecule has 2 heterocycles. The molecule has 1 atom stereocenters. The topological polar surface area (TPSA) is 107 Å². The maximum atomic E-state index is 14.6. The molecule has 0 radical (unpaired) electrons. The van der Waals surface area contributed by atoms with Crippen molar-refractivity contribution in [1.82, 2.24) is 4.98 Å². The number of aromatic nitrogens is 1. The van der Waals surface area contributed by atoms with Crippen molar-refractivity contribution in [3.05, 3.63) is 47.9 Å². The summed E-state index contributed by atoms with van der Waals surface area (Å²) in [6, 6.07) is 9.88. The van der Waals surface area contributed by atoms with Gasteiger partial charge in [-0.05, 0) is 45.0 Å². The molecular formula is C19H23FN4O3S. The first-order chi connectivity index (χ1) is 13.0. The number of pyridine rings is 1. The van der Waals surface area contributed by atoms with E-state index in [9.17, 15) is 12.8 Å². The van der Waals surface area contributed by atoms with Gasteiger partial charge in [0.05, 0.1) is 18.6 Å². The molecule has 1 aromatic carbocycles. The van der Waals surface area contributed by atoms with Crippen molar-refractivity contribution in [2.45, 2.75) is 31.1 Å². The second-order valence-corrected chi connectivity index (χ2v) is 9.93. The summed E-state index contributed by atoms with van der Waals surface area (Å²) in [5.74, 6) is -0.190. The van der Waals surface area contributed by atoms with E-state index in [-0.39, 0.29) is 11.5 Å². The fraction of sp³-hybridized carbons (Fsp3) is 0.368. The predicted molar refractivity (Wildman–Crippen MR) is 107 cm³/mol. The molecule has 7 nitrogen and oxygen atoms in total. The first-order valence-electron chi connectivity index (χ1n) is 8.65. The molecule has 0 bridgehead atoms. The zero-order valence-corrected chi connectivity index (χ0v) is 17.0. The van der Waals surface area contributed by atoms with Crippen LogP contribution < -0.4 is 15.8 Å². The monoisotopic (exact) mass is 406 g/mol. The van der Waals surface area contributed by atoms with Crippen LogP contribution in [0.15, 0.2) is 41.4 Å². The van der Waals surface area contributed by atoms with Crippen molar-refractivity contribution >= 4 is 27.2 Å². The van der Waals surface area contributed by atoms with E-state index in [0.29, 0.717) is 17.3 Å². The largest absolute Gasteiger partial charge is 0.495 e. The highest BCUT2D eigenvalue weighted by Crippen LogP contribution is 2.37. The third-order valence-electron chi connectivity index (χ3n) is 4.96. The van der Waals surface area contributed by atoms with Crippen LogP contribution in [0.3, 0.4) is 0 Å². The van der Waals surface area contributed by atoms with Crippen LogP contribution in [0.2, 0.25) is 0 Å². The number of para-hydroxylation sites is 2. The number of nitrogens with one attached hydrogen (secondary N) is 1. The van der Waals surface area contributed by atoms with E-state index in [0.717, 1.165) is 0 Å². The number of hydrogen-bond acceptors (Lipinski definition) is 7. The Labute approximate surface area is 163 Å². The molecule has 1 aliphatic heterocycles. The van der Waals surface area contributed by atoms with Crippen molar-refractivity contribution in [2.75, 3.05) is 18.2 Å². The van der Waals surface area contributed by atoms with Crippen molar-refractivity contribution in [1.29, 1.82) is 0 Å². The highest BCUT2D eigenvalue weighted by molar-refractivity contribution is 7.93. The number of hydrogen-bond donors (Lipinski definition) is 2. The van der Waals surface area contributed by atoms with E-state index < -0.39 is 31.7 Å². The maximum absolute atomic E-state index is 14.6. The normalized spacial score (nSPS) is 23.0. The SMILES string of the molecule is COc1ccccc1Nc1ccc(F)c([C@@]2(C)CS(=O)(=O)C(C)(C)C(N)=N2)n1. The van der Waals surface area contributed by atoms with Gasteiger partial charge in [0.15, 0.2) is 9.84 Å². The Morgan fingerprint density at radius 2 is 1.86 bits per heavy atom.